The Morgan fingerprint density at radius 3 is 2.33 bits per heavy atom. The second-order valence-electron chi connectivity index (χ2n) is 5.42. The Morgan fingerprint density at radius 1 is 0.792 bits per heavy atom. The van der Waals surface area contributed by atoms with Gasteiger partial charge in [-0.3, -0.25) is 5.10 Å². The molecule has 3 heterocycles. The second kappa shape index (κ2) is 6.00. The molecule has 0 aliphatic heterocycles. The van der Waals surface area contributed by atoms with E-state index in [1.165, 1.54) is 0 Å². The van der Waals surface area contributed by atoms with Crippen molar-refractivity contribution >= 4 is 0 Å². The molecule has 4 aromatic rings. The third-order valence-electron chi connectivity index (χ3n) is 3.70. The van der Waals surface area contributed by atoms with Crippen molar-refractivity contribution in [3.63, 3.8) is 0 Å². The summed E-state index contributed by atoms with van der Waals surface area (Å²) >= 11 is 0. The third-order valence-corrected chi connectivity index (χ3v) is 3.70. The van der Waals surface area contributed by atoms with Gasteiger partial charge in [-0.25, -0.2) is 9.97 Å². The van der Waals surface area contributed by atoms with Crippen LogP contribution >= 0.6 is 0 Å². The van der Waals surface area contributed by atoms with Crippen LogP contribution in [0.15, 0.2) is 61.2 Å². The number of benzene rings is 1. The number of aryl methyl sites for hydroxylation is 1. The molecule has 6 heteroatoms. The average molecular weight is 314 g/mol. The number of nitrogens with zero attached hydrogens (tertiary/aromatic N) is 5. The van der Waals surface area contributed by atoms with Gasteiger partial charge < -0.3 is 0 Å². The topological polar surface area (TPSA) is 80.2 Å². The van der Waals surface area contributed by atoms with Gasteiger partial charge in [0.25, 0.3) is 0 Å². The zero-order valence-electron chi connectivity index (χ0n) is 13.0. The summed E-state index contributed by atoms with van der Waals surface area (Å²) in [6.45, 7) is 1.92. The number of hydrogen-bond acceptors (Lipinski definition) is 5. The fourth-order valence-corrected chi connectivity index (χ4v) is 2.41. The summed E-state index contributed by atoms with van der Waals surface area (Å²) < 4.78 is 0. The van der Waals surface area contributed by atoms with Crippen LogP contribution in [-0.2, 0) is 0 Å². The standard InChI is InChI=1S/C18H14N6/c1-12-5-6-17(24-23-12)13-3-2-4-14(7-13)18-19-8-15(9-20-18)16-10-21-22-11-16/h2-11H,1H3,(H,21,22). The van der Waals surface area contributed by atoms with E-state index in [9.17, 15) is 0 Å². The first-order chi connectivity index (χ1) is 11.8. The van der Waals surface area contributed by atoms with Crippen molar-refractivity contribution in [1.82, 2.24) is 30.4 Å². The number of nitrogens with one attached hydrogen (secondary N) is 1. The van der Waals surface area contributed by atoms with Crippen LogP contribution in [0.2, 0.25) is 0 Å². The molecule has 4 rings (SSSR count). The first-order valence-electron chi connectivity index (χ1n) is 7.52. The van der Waals surface area contributed by atoms with Crippen LogP contribution in [0, 0.1) is 6.92 Å². The van der Waals surface area contributed by atoms with Crippen LogP contribution in [0.3, 0.4) is 0 Å². The highest BCUT2D eigenvalue weighted by Gasteiger charge is 2.06. The van der Waals surface area contributed by atoms with Crippen LogP contribution in [0.1, 0.15) is 5.69 Å². The Labute approximate surface area is 138 Å². The van der Waals surface area contributed by atoms with Gasteiger partial charge in [-0.2, -0.15) is 15.3 Å². The maximum Gasteiger partial charge on any atom is 0.159 e. The van der Waals surface area contributed by atoms with Crippen molar-refractivity contribution < 1.29 is 0 Å². The van der Waals surface area contributed by atoms with Crippen LogP contribution in [0.5, 0.6) is 0 Å². The molecule has 0 saturated carbocycles. The quantitative estimate of drug-likeness (QED) is 0.627. The van der Waals surface area contributed by atoms with E-state index in [1.807, 2.05) is 49.5 Å². The first kappa shape index (κ1) is 14.2. The molecule has 1 N–H and O–H groups in total. The summed E-state index contributed by atoms with van der Waals surface area (Å²) in [6, 6.07) is 11.9. The lowest BCUT2D eigenvalue weighted by atomic mass is 10.1. The predicted octanol–water partition coefficient (Wildman–Crippen LogP) is 3.30. The predicted molar refractivity (Wildman–Crippen MR) is 90.8 cm³/mol. The zero-order chi connectivity index (χ0) is 16.4. The summed E-state index contributed by atoms with van der Waals surface area (Å²) in [5.74, 6) is 0.671. The molecule has 0 radical (unpaired) electrons. The lowest BCUT2D eigenvalue weighted by Gasteiger charge is -2.05. The van der Waals surface area contributed by atoms with Crippen molar-refractivity contribution in [2.24, 2.45) is 0 Å². The Morgan fingerprint density at radius 2 is 1.62 bits per heavy atom. The maximum absolute atomic E-state index is 4.46. The van der Waals surface area contributed by atoms with Crippen LogP contribution in [-0.4, -0.2) is 30.4 Å². The third kappa shape index (κ3) is 2.77. The van der Waals surface area contributed by atoms with Gasteiger partial charge in [0.2, 0.25) is 0 Å². The Hall–Kier alpha value is -3.41. The van der Waals surface area contributed by atoms with E-state index in [0.29, 0.717) is 5.82 Å². The van der Waals surface area contributed by atoms with Gasteiger partial charge in [0.15, 0.2) is 5.82 Å². The molecule has 0 amide bonds. The highest BCUT2D eigenvalue weighted by Crippen LogP contribution is 2.24. The Balaban J connectivity index is 1.67. The summed E-state index contributed by atoms with van der Waals surface area (Å²) in [6.07, 6.45) is 7.15. The van der Waals surface area contributed by atoms with E-state index >= 15 is 0 Å². The van der Waals surface area contributed by atoms with E-state index in [1.54, 1.807) is 18.6 Å². The molecule has 1 aromatic carbocycles. The van der Waals surface area contributed by atoms with Gasteiger partial charge in [-0.15, -0.1) is 0 Å². The highest BCUT2D eigenvalue weighted by molar-refractivity contribution is 5.68. The molecule has 6 nitrogen and oxygen atoms in total. The largest absolute Gasteiger partial charge is 0.285 e. The molecule has 0 spiro atoms. The molecule has 3 aromatic heterocycles. The minimum Gasteiger partial charge on any atom is -0.285 e. The maximum atomic E-state index is 4.46. The molecule has 0 atom stereocenters. The van der Waals surface area contributed by atoms with E-state index in [-0.39, 0.29) is 0 Å². The number of rotatable bonds is 3. The molecule has 0 saturated heterocycles. The normalized spacial score (nSPS) is 10.7. The van der Waals surface area contributed by atoms with E-state index < -0.39 is 0 Å². The van der Waals surface area contributed by atoms with Gasteiger partial charge in [-0.1, -0.05) is 18.2 Å². The fraction of sp³-hybridized carbons (Fsp3) is 0.0556. The van der Waals surface area contributed by atoms with Gasteiger partial charge in [-0.05, 0) is 25.1 Å². The number of hydrogen-bond donors (Lipinski definition) is 1. The Bertz CT molecular complexity index is 944. The van der Waals surface area contributed by atoms with E-state index in [2.05, 4.69) is 30.4 Å². The smallest absolute Gasteiger partial charge is 0.159 e. The van der Waals surface area contributed by atoms with E-state index in [0.717, 1.165) is 33.6 Å². The van der Waals surface area contributed by atoms with Crippen molar-refractivity contribution in [1.29, 1.82) is 0 Å². The van der Waals surface area contributed by atoms with Gasteiger partial charge in [0.1, 0.15) is 0 Å². The average Bonchev–Trinajstić information content (AvgIpc) is 3.17. The van der Waals surface area contributed by atoms with Crippen molar-refractivity contribution in [3.8, 4) is 33.8 Å². The molecular formula is C18H14N6. The summed E-state index contributed by atoms with van der Waals surface area (Å²) in [5, 5.41) is 15.1. The summed E-state index contributed by atoms with van der Waals surface area (Å²) in [5.41, 5.74) is 5.54. The molecular weight excluding hydrogens is 300 g/mol. The molecule has 0 aliphatic carbocycles. The van der Waals surface area contributed by atoms with Gasteiger partial charge in [0, 0.05) is 40.8 Å². The van der Waals surface area contributed by atoms with Crippen LogP contribution in [0.4, 0.5) is 0 Å². The van der Waals surface area contributed by atoms with E-state index in [4.69, 9.17) is 0 Å². The monoisotopic (exact) mass is 314 g/mol. The number of H-pyrrole nitrogens is 1. The molecule has 0 unspecified atom stereocenters. The van der Waals surface area contributed by atoms with Gasteiger partial charge >= 0.3 is 0 Å². The summed E-state index contributed by atoms with van der Waals surface area (Å²) in [7, 11) is 0. The van der Waals surface area contributed by atoms with Crippen molar-refractivity contribution in [2.45, 2.75) is 6.92 Å². The number of aromatic nitrogens is 6. The number of aromatic amines is 1. The lowest BCUT2D eigenvalue weighted by Crippen LogP contribution is -1.92. The SMILES string of the molecule is Cc1ccc(-c2cccc(-c3ncc(-c4cn[nH]c4)cn3)c2)nn1. The second-order valence-corrected chi connectivity index (χ2v) is 5.42. The molecule has 0 bridgehead atoms. The molecule has 0 aliphatic rings. The minimum absolute atomic E-state index is 0.671. The van der Waals surface area contributed by atoms with Crippen LogP contribution in [0.25, 0.3) is 33.8 Å². The fourth-order valence-electron chi connectivity index (χ4n) is 2.41. The minimum atomic E-state index is 0.671. The van der Waals surface area contributed by atoms with Crippen molar-refractivity contribution in [2.75, 3.05) is 0 Å². The molecule has 116 valence electrons. The Kier molecular flexibility index (Phi) is 3.55. The zero-order valence-corrected chi connectivity index (χ0v) is 13.0. The lowest BCUT2D eigenvalue weighted by molar-refractivity contribution is 0.987. The highest BCUT2D eigenvalue weighted by atomic mass is 15.1. The first-order valence-corrected chi connectivity index (χ1v) is 7.52. The van der Waals surface area contributed by atoms with Crippen molar-refractivity contribution in [3.05, 3.63) is 66.9 Å². The van der Waals surface area contributed by atoms with Gasteiger partial charge in [0.05, 0.1) is 17.6 Å². The molecule has 24 heavy (non-hydrogen) atoms. The summed E-state index contributed by atoms with van der Waals surface area (Å²) in [4.78, 5) is 8.93. The van der Waals surface area contributed by atoms with Crippen LogP contribution < -0.4 is 0 Å². The molecule has 0 fully saturated rings.